The summed E-state index contributed by atoms with van der Waals surface area (Å²) in [6, 6.07) is 0. The maximum Gasteiger partial charge on any atom is 0.238 e. The van der Waals surface area contributed by atoms with E-state index in [-0.39, 0.29) is 11.6 Å². The van der Waals surface area contributed by atoms with Crippen LogP contribution in [0.15, 0.2) is 0 Å². The summed E-state index contributed by atoms with van der Waals surface area (Å²) >= 11 is 0. The number of rotatable bonds is 1. The minimum Gasteiger partial charge on any atom is -0.323 e. The van der Waals surface area contributed by atoms with Crippen LogP contribution in [0.5, 0.6) is 0 Å². The third-order valence-electron chi connectivity index (χ3n) is 3.13. The summed E-state index contributed by atoms with van der Waals surface area (Å²) in [5, 5.41) is 6.68. The first-order valence-electron chi connectivity index (χ1n) is 5.05. The van der Waals surface area contributed by atoms with Crippen LogP contribution in [0.1, 0.15) is 19.8 Å². The van der Waals surface area contributed by atoms with Crippen molar-refractivity contribution in [3.05, 3.63) is 0 Å². The first kappa shape index (κ1) is 8.97. The third kappa shape index (κ3) is 1.34. The molecule has 0 aromatic rings. The number of nitrogens with zero attached hydrogens (tertiary/aromatic N) is 1. The quantitative estimate of drug-likeness (QED) is 0.577. The second-order valence-electron chi connectivity index (χ2n) is 3.77. The zero-order valence-corrected chi connectivity index (χ0v) is 8.10. The van der Waals surface area contributed by atoms with E-state index in [1.165, 1.54) is 0 Å². The first-order valence-corrected chi connectivity index (χ1v) is 5.05. The Morgan fingerprint density at radius 2 is 2.15 bits per heavy atom. The fourth-order valence-corrected chi connectivity index (χ4v) is 2.44. The average molecular weight is 183 g/mol. The minimum absolute atomic E-state index is 0.0168. The molecule has 0 saturated carbocycles. The summed E-state index contributed by atoms with van der Waals surface area (Å²) in [6.07, 6.45) is 2.07. The Balaban J connectivity index is 2.15. The van der Waals surface area contributed by atoms with E-state index in [9.17, 15) is 4.79 Å². The van der Waals surface area contributed by atoms with E-state index in [1.807, 2.05) is 4.90 Å². The second kappa shape index (κ2) is 3.27. The van der Waals surface area contributed by atoms with E-state index in [0.29, 0.717) is 6.54 Å². The summed E-state index contributed by atoms with van der Waals surface area (Å²) in [4.78, 5) is 13.5. The molecule has 1 spiro atoms. The maximum absolute atomic E-state index is 11.5. The Kier molecular flexibility index (Phi) is 2.26. The molecule has 0 bridgehead atoms. The zero-order valence-electron chi connectivity index (χ0n) is 8.10. The highest BCUT2D eigenvalue weighted by Crippen LogP contribution is 2.26. The Morgan fingerprint density at radius 1 is 1.46 bits per heavy atom. The molecule has 0 aliphatic carbocycles. The van der Waals surface area contributed by atoms with Gasteiger partial charge < -0.3 is 10.2 Å². The summed E-state index contributed by atoms with van der Waals surface area (Å²) in [7, 11) is 0. The normalized spacial score (nSPS) is 27.2. The van der Waals surface area contributed by atoms with Crippen molar-refractivity contribution in [1.29, 1.82) is 0 Å². The van der Waals surface area contributed by atoms with Gasteiger partial charge in [0.15, 0.2) is 0 Å². The number of likely N-dealkylation sites (N-methyl/N-ethyl adjacent to an activating group) is 1. The number of piperidine rings is 1. The molecule has 2 N–H and O–H groups in total. The van der Waals surface area contributed by atoms with Crippen molar-refractivity contribution in [2.75, 3.05) is 26.2 Å². The lowest BCUT2D eigenvalue weighted by molar-refractivity contribution is -0.130. The molecule has 2 fully saturated rings. The summed E-state index contributed by atoms with van der Waals surface area (Å²) in [5.41, 5.74) is -0.0168. The van der Waals surface area contributed by atoms with Crippen LogP contribution in [-0.4, -0.2) is 42.6 Å². The highest BCUT2D eigenvalue weighted by molar-refractivity contribution is 5.81. The Labute approximate surface area is 78.7 Å². The first-order chi connectivity index (χ1) is 6.28. The number of carbonyl (C=O) groups excluding carboxylic acids is 1. The molecule has 2 aliphatic heterocycles. The fourth-order valence-electron chi connectivity index (χ4n) is 2.44. The molecule has 2 rings (SSSR count). The highest BCUT2D eigenvalue weighted by atomic mass is 16.2. The molecule has 0 aromatic heterocycles. The molecule has 74 valence electrons. The van der Waals surface area contributed by atoms with Crippen molar-refractivity contribution >= 4 is 5.91 Å². The van der Waals surface area contributed by atoms with E-state index in [1.54, 1.807) is 0 Å². The fraction of sp³-hybridized carbons (Fsp3) is 0.889. The lowest BCUT2D eigenvalue weighted by Gasteiger charge is -2.41. The summed E-state index contributed by atoms with van der Waals surface area (Å²) in [6.45, 7) is 5.42. The van der Waals surface area contributed by atoms with Crippen molar-refractivity contribution in [1.82, 2.24) is 15.5 Å². The van der Waals surface area contributed by atoms with Crippen LogP contribution >= 0.6 is 0 Å². The van der Waals surface area contributed by atoms with E-state index in [0.717, 1.165) is 32.5 Å². The second-order valence-corrected chi connectivity index (χ2v) is 3.77. The van der Waals surface area contributed by atoms with Gasteiger partial charge in [-0.15, -0.1) is 0 Å². The van der Waals surface area contributed by atoms with E-state index in [4.69, 9.17) is 0 Å². The number of carbonyl (C=O) groups is 1. The van der Waals surface area contributed by atoms with Crippen LogP contribution in [0.3, 0.4) is 0 Å². The van der Waals surface area contributed by atoms with Crippen LogP contribution in [0.2, 0.25) is 0 Å². The molecule has 0 unspecified atom stereocenters. The summed E-state index contributed by atoms with van der Waals surface area (Å²) in [5.74, 6) is 0.254. The number of amides is 1. The van der Waals surface area contributed by atoms with Gasteiger partial charge in [-0.25, -0.2) is 0 Å². The number of hydrogen-bond donors (Lipinski definition) is 2. The Hall–Kier alpha value is -0.610. The SMILES string of the molecule is CCN1C(=O)CNC12CCNCC2. The van der Waals surface area contributed by atoms with Gasteiger partial charge in [0, 0.05) is 6.54 Å². The summed E-state index contributed by atoms with van der Waals surface area (Å²) < 4.78 is 0. The van der Waals surface area contributed by atoms with E-state index in [2.05, 4.69) is 17.6 Å². The lowest BCUT2D eigenvalue weighted by atomic mass is 9.97. The van der Waals surface area contributed by atoms with Crippen molar-refractivity contribution in [3.63, 3.8) is 0 Å². The molecule has 0 aromatic carbocycles. The van der Waals surface area contributed by atoms with Crippen molar-refractivity contribution < 1.29 is 4.79 Å². The smallest absolute Gasteiger partial charge is 0.238 e. The standard InChI is InChI=1S/C9H17N3O/c1-2-12-8(13)7-11-9(12)3-5-10-6-4-9/h10-11H,2-7H2,1H3. The van der Waals surface area contributed by atoms with Gasteiger partial charge >= 0.3 is 0 Å². The van der Waals surface area contributed by atoms with Gasteiger partial charge in [0.05, 0.1) is 12.2 Å². The highest BCUT2D eigenvalue weighted by Gasteiger charge is 2.44. The van der Waals surface area contributed by atoms with Crippen LogP contribution < -0.4 is 10.6 Å². The van der Waals surface area contributed by atoms with Crippen LogP contribution in [0.25, 0.3) is 0 Å². The topological polar surface area (TPSA) is 44.4 Å². The molecular formula is C9H17N3O. The number of nitrogens with one attached hydrogen (secondary N) is 2. The molecule has 2 aliphatic rings. The van der Waals surface area contributed by atoms with Gasteiger partial charge in [0.25, 0.3) is 0 Å². The van der Waals surface area contributed by atoms with Gasteiger partial charge in [0.1, 0.15) is 0 Å². The molecule has 4 nitrogen and oxygen atoms in total. The maximum atomic E-state index is 11.5. The molecule has 0 radical (unpaired) electrons. The van der Waals surface area contributed by atoms with E-state index >= 15 is 0 Å². The molecular weight excluding hydrogens is 166 g/mol. The van der Waals surface area contributed by atoms with Crippen molar-refractivity contribution in [3.8, 4) is 0 Å². The molecule has 1 amide bonds. The Bertz CT molecular complexity index is 211. The van der Waals surface area contributed by atoms with E-state index < -0.39 is 0 Å². The largest absolute Gasteiger partial charge is 0.323 e. The van der Waals surface area contributed by atoms with Crippen molar-refractivity contribution in [2.24, 2.45) is 0 Å². The van der Waals surface area contributed by atoms with Crippen LogP contribution in [0.4, 0.5) is 0 Å². The lowest BCUT2D eigenvalue weighted by Crippen LogP contribution is -2.57. The molecule has 2 saturated heterocycles. The van der Waals surface area contributed by atoms with Crippen LogP contribution in [0, 0.1) is 0 Å². The van der Waals surface area contributed by atoms with Gasteiger partial charge in [-0.3, -0.25) is 10.1 Å². The van der Waals surface area contributed by atoms with Gasteiger partial charge in [-0.2, -0.15) is 0 Å². The van der Waals surface area contributed by atoms with Crippen LogP contribution in [-0.2, 0) is 4.79 Å². The molecule has 4 heteroatoms. The number of hydrogen-bond acceptors (Lipinski definition) is 3. The molecule has 2 heterocycles. The molecule has 13 heavy (non-hydrogen) atoms. The molecule has 0 atom stereocenters. The average Bonchev–Trinajstić information content (AvgIpc) is 2.45. The van der Waals surface area contributed by atoms with Gasteiger partial charge in [-0.05, 0) is 32.9 Å². The van der Waals surface area contributed by atoms with Crippen molar-refractivity contribution in [2.45, 2.75) is 25.4 Å². The van der Waals surface area contributed by atoms with Gasteiger partial charge in [0.2, 0.25) is 5.91 Å². The Morgan fingerprint density at radius 3 is 2.77 bits per heavy atom. The van der Waals surface area contributed by atoms with Gasteiger partial charge in [-0.1, -0.05) is 0 Å². The third-order valence-corrected chi connectivity index (χ3v) is 3.13. The monoisotopic (exact) mass is 183 g/mol. The zero-order chi connectivity index (χ0) is 9.31. The predicted octanol–water partition coefficient (Wildman–Crippen LogP) is -0.482. The minimum atomic E-state index is -0.0168. The predicted molar refractivity (Wildman–Crippen MR) is 50.2 cm³/mol.